The number of anilines is 1. The Hall–Kier alpha value is -3.60. The van der Waals surface area contributed by atoms with Crippen molar-refractivity contribution in [2.24, 2.45) is 0 Å². The van der Waals surface area contributed by atoms with Crippen molar-refractivity contribution in [2.75, 3.05) is 11.5 Å². The normalized spacial score (nSPS) is 10.7. The number of hydrogen-bond donors (Lipinski definition) is 0. The molecule has 5 heteroatoms. The highest BCUT2D eigenvalue weighted by Gasteiger charge is 2.14. The molecule has 2 aromatic carbocycles. The molecule has 0 amide bonds. The van der Waals surface area contributed by atoms with E-state index in [0.29, 0.717) is 19.0 Å². The van der Waals surface area contributed by atoms with Gasteiger partial charge in [0.1, 0.15) is 17.8 Å². The monoisotopic (exact) mass is 399 g/mol. The predicted octanol–water partition coefficient (Wildman–Crippen LogP) is 5.65. The average Bonchev–Trinajstić information content (AvgIpc) is 3.23. The van der Waals surface area contributed by atoms with Crippen molar-refractivity contribution >= 4 is 5.82 Å². The maximum absolute atomic E-state index is 5.78. The summed E-state index contributed by atoms with van der Waals surface area (Å²) in [4.78, 5) is 11.5. The maximum atomic E-state index is 5.78. The van der Waals surface area contributed by atoms with Gasteiger partial charge in [0.2, 0.25) is 5.89 Å². The zero-order chi connectivity index (χ0) is 20.8. The second-order valence-electron chi connectivity index (χ2n) is 7.14. The first kappa shape index (κ1) is 19.7. The second kappa shape index (κ2) is 9.27. The SMILES string of the molecule is CCOc1cccc(-c2nc(CN(Cc3ccccc3)c3cc(C)ccn3)co2)c1. The molecule has 30 heavy (non-hydrogen) atoms. The summed E-state index contributed by atoms with van der Waals surface area (Å²) in [6, 6.07) is 22.3. The lowest BCUT2D eigenvalue weighted by atomic mass is 10.2. The van der Waals surface area contributed by atoms with Crippen molar-refractivity contribution in [1.29, 1.82) is 0 Å². The molecular weight excluding hydrogens is 374 g/mol. The smallest absolute Gasteiger partial charge is 0.226 e. The van der Waals surface area contributed by atoms with Gasteiger partial charge in [-0.25, -0.2) is 9.97 Å². The molecule has 0 saturated heterocycles. The maximum Gasteiger partial charge on any atom is 0.226 e. The minimum absolute atomic E-state index is 0.586. The van der Waals surface area contributed by atoms with Gasteiger partial charge in [0.15, 0.2) is 0 Å². The first-order valence-corrected chi connectivity index (χ1v) is 10.1. The number of hydrogen-bond acceptors (Lipinski definition) is 5. The summed E-state index contributed by atoms with van der Waals surface area (Å²) in [5, 5.41) is 0. The lowest BCUT2D eigenvalue weighted by Crippen LogP contribution is -2.23. The third-order valence-corrected chi connectivity index (χ3v) is 4.74. The molecule has 0 aliphatic carbocycles. The van der Waals surface area contributed by atoms with E-state index in [0.717, 1.165) is 29.4 Å². The van der Waals surface area contributed by atoms with Gasteiger partial charge in [0.05, 0.1) is 18.8 Å². The number of pyridine rings is 1. The molecule has 0 aliphatic rings. The lowest BCUT2D eigenvalue weighted by Gasteiger charge is -2.23. The Morgan fingerprint density at radius 1 is 0.967 bits per heavy atom. The predicted molar refractivity (Wildman–Crippen MR) is 118 cm³/mol. The molecule has 0 unspecified atom stereocenters. The number of nitrogens with zero attached hydrogens (tertiary/aromatic N) is 3. The van der Waals surface area contributed by atoms with E-state index in [1.54, 1.807) is 6.26 Å². The third-order valence-electron chi connectivity index (χ3n) is 4.74. The number of ether oxygens (including phenoxy) is 1. The van der Waals surface area contributed by atoms with Crippen molar-refractivity contribution in [3.8, 4) is 17.2 Å². The molecular formula is C25H25N3O2. The van der Waals surface area contributed by atoms with Crippen LogP contribution < -0.4 is 9.64 Å². The van der Waals surface area contributed by atoms with E-state index in [1.807, 2.05) is 49.5 Å². The van der Waals surface area contributed by atoms with Gasteiger partial charge < -0.3 is 14.1 Å². The Kier molecular flexibility index (Phi) is 6.09. The molecule has 0 aliphatic heterocycles. The van der Waals surface area contributed by atoms with Crippen molar-refractivity contribution in [3.05, 3.63) is 96.0 Å². The first-order chi connectivity index (χ1) is 14.7. The summed E-state index contributed by atoms with van der Waals surface area (Å²) in [5.74, 6) is 2.31. The second-order valence-corrected chi connectivity index (χ2v) is 7.14. The van der Waals surface area contributed by atoms with Crippen LogP contribution in [0.3, 0.4) is 0 Å². The van der Waals surface area contributed by atoms with Crippen LogP contribution in [0.15, 0.2) is 83.6 Å². The topological polar surface area (TPSA) is 51.4 Å². The van der Waals surface area contributed by atoms with Crippen LogP contribution in [-0.2, 0) is 13.1 Å². The molecule has 0 saturated carbocycles. The molecule has 0 fully saturated rings. The molecule has 0 spiro atoms. The van der Waals surface area contributed by atoms with E-state index in [9.17, 15) is 0 Å². The van der Waals surface area contributed by atoms with Gasteiger partial charge in [-0.2, -0.15) is 0 Å². The van der Waals surface area contributed by atoms with E-state index in [-0.39, 0.29) is 0 Å². The molecule has 4 aromatic rings. The van der Waals surface area contributed by atoms with E-state index in [2.05, 4.69) is 47.1 Å². The first-order valence-electron chi connectivity index (χ1n) is 10.1. The van der Waals surface area contributed by atoms with E-state index >= 15 is 0 Å². The number of benzene rings is 2. The fourth-order valence-electron chi connectivity index (χ4n) is 3.31. The van der Waals surface area contributed by atoms with Gasteiger partial charge in [-0.1, -0.05) is 36.4 Å². The fourth-order valence-corrected chi connectivity index (χ4v) is 3.31. The Morgan fingerprint density at radius 2 is 1.83 bits per heavy atom. The van der Waals surface area contributed by atoms with Crippen molar-refractivity contribution in [1.82, 2.24) is 9.97 Å². The van der Waals surface area contributed by atoms with Crippen LogP contribution in [0.1, 0.15) is 23.7 Å². The van der Waals surface area contributed by atoms with Crippen LogP contribution in [0.2, 0.25) is 0 Å². The van der Waals surface area contributed by atoms with Crippen LogP contribution in [0.4, 0.5) is 5.82 Å². The van der Waals surface area contributed by atoms with E-state index in [1.165, 1.54) is 11.1 Å². The molecule has 152 valence electrons. The molecule has 0 N–H and O–H groups in total. The number of aryl methyl sites for hydroxylation is 1. The number of aromatic nitrogens is 2. The molecule has 5 nitrogen and oxygen atoms in total. The van der Waals surface area contributed by atoms with Crippen molar-refractivity contribution in [2.45, 2.75) is 26.9 Å². The van der Waals surface area contributed by atoms with Gasteiger partial charge >= 0.3 is 0 Å². The van der Waals surface area contributed by atoms with Gasteiger partial charge in [-0.05, 0) is 55.3 Å². The van der Waals surface area contributed by atoms with Gasteiger partial charge in [0, 0.05) is 18.3 Å². The highest BCUT2D eigenvalue weighted by molar-refractivity contribution is 5.56. The van der Waals surface area contributed by atoms with Gasteiger partial charge in [-0.15, -0.1) is 0 Å². The molecule has 2 heterocycles. The van der Waals surface area contributed by atoms with Crippen LogP contribution in [0.25, 0.3) is 11.5 Å². The average molecular weight is 399 g/mol. The summed E-state index contributed by atoms with van der Waals surface area (Å²) in [7, 11) is 0. The summed E-state index contributed by atoms with van der Waals surface area (Å²) in [6.07, 6.45) is 3.56. The Bertz CT molecular complexity index is 1090. The zero-order valence-corrected chi connectivity index (χ0v) is 17.3. The van der Waals surface area contributed by atoms with Crippen LogP contribution in [-0.4, -0.2) is 16.6 Å². The van der Waals surface area contributed by atoms with Crippen molar-refractivity contribution in [3.63, 3.8) is 0 Å². The van der Waals surface area contributed by atoms with E-state index < -0.39 is 0 Å². The minimum atomic E-state index is 0.586. The number of rotatable bonds is 8. The Balaban J connectivity index is 1.58. The summed E-state index contributed by atoms with van der Waals surface area (Å²) >= 11 is 0. The van der Waals surface area contributed by atoms with E-state index in [4.69, 9.17) is 14.1 Å². The quantitative estimate of drug-likeness (QED) is 0.383. The lowest BCUT2D eigenvalue weighted by molar-refractivity contribution is 0.340. The van der Waals surface area contributed by atoms with Crippen LogP contribution >= 0.6 is 0 Å². The van der Waals surface area contributed by atoms with Crippen LogP contribution in [0.5, 0.6) is 5.75 Å². The number of oxazole rings is 1. The van der Waals surface area contributed by atoms with Gasteiger partial charge in [0.25, 0.3) is 0 Å². The highest BCUT2D eigenvalue weighted by Crippen LogP contribution is 2.25. The largest absolute Gasteiger partial charge is 0.494 e. The Morgan fingerprint density at radius 3 is 2.63 bits per heavy atom. The van der Waals surface area contributed by atoms with Gasteiger partial charge in [-0.3, -0.25) is 0 Å². The fraction of sp³-hybridized carbons (Fsp3) is 0.200. The zero-order valence-electron chi connectivity index (χ0n) is 17.3. The standard InChI is InChI=1S/C25H25N3O2/c1-3-29-23-11-7-10-21(15-23)25-27-22(18-30-25)17-28(16-20-8-5-4-6-9-20)24-14-19(2)12-13-26-24/h4-15,18H,3,16-17H2,1-2H3. The molecule has 4 rings (SSSR count). The Labute approximate surface area is 177 Å². The third kappa shape index (κ3) is 4.87. The summed E-state index contributed by atoms with van der Waals surface area (Å²) in [5.41, 5.74) is 4.14. The van der Waals surface area contributed by atoms with Crippen LogP contribution in [0, 0.1) is 6.92 Å². The summed E-state index contributed by atoms with van der Waals surface area (Å²) in [6.45, 7) is 6.00. The van der Waals surface area contributed by atoms with Crippen molar-refractivity contribution < 1.29 is 9.15 Å². The summed E-state index contributed by atoms with van der Waals surface area (Å²) < 4.78 is 11.4. The molecule has 0 bridgehead atoms. The molecule has 0 atom stereocenters. The highest BCUT2D eigenvalue weighted by atomic mass is 16.5. The molecule has 2 aromatic heterocycles. The molecule has 0 radical (unpaired) electrons. The minimum Gasteiger partial charge on any atom is -0.494 e.